The molecule has 2 aromatic heterocycles. The molecule has 4 nitrogen and oxygen atoms in total. The van der Waals surface area contributed by atoms with Gasteiger partial charge in [-0.2, -0.15) is 0 Å². The number of aromatic nitrogens is 3. The molecule has 3 rings (SSSR count). The van der Waals surface area contributed by atoms with Crippen molar-refractivity contribution < 1.29 is 4.74 Å². The average Bonchev–Trinajstić information content (AvgIpc) is 2.78. The van der Waals surface area contributed by atoms with Gasteiger partial charge in [0, 0.05) is 31.9 Å². The zero-order valence-corrected chi connectivity index (χ0v) is 10.8. The van der Waals surface area contributed by atoms with Crippen molar-refractivity contribution in [1.29, 1.82) is 0 Å². The lowest BCUT2D eigenvalue weighted by molar-refractivity contribution is 0.0697. The topological polar surface area (TPSA) is 39.9 Å². The second-order valence-corrected chi connectivity index (χ2v) is 4.84. The maximum Gasteiger partial charge on any atom is 0.160 e. The van der Waals surface area contributed by atoms with Gasteiger partial charge in [-0.1, -0.05) is 6.92 Å². The normalized spacial score (nSPS) is 17.4. The summed E-state index contributed by atoms with van der Waals surface area (Å²) in [5.74, 6) is 1.18. The summed E-state index contributed by atoms with van der Waals surface area (Å²) in [6.07, 6.45) is 6.13. The first-order chi connectivity index (χ1) is 8.90. The molecular weight excluding hydrogens is 226 g/mol. The van der Waals surface area contributed by atoms with E-state index in [4.69, 9.17) is 9.72 Å². The minimum absolute atomic E-state index is 0.500. The monoisotopic (exact) mass is 245 g/mol. The van der Waals surface area contributed by atoms with Crippen LogP contribution < -0.4 is 0 Å². The smallest absolute Gasteiger partial charge is 0.160 e. The molecule has 0 aromatic carbocycles. The van der Waals surface area contributed by atoms with Crippen molar-refractivity contribution in [3.63, 3.8) is 0 Å². The minimum atomic E-state index is 0.500. The summed E-state index contributed by atoms with van der Waals surface area (Å²) in [6.45, 7) is 3.90. The first-order valence-corrected chi connectivity index (χ1v) is 6.79. The van der Waals surface area contributed by atoms with Crippen molar-refractivity contribution >= 4 is 11.2 Å². The Labute approximate surface area is 107 Å². The van der Waals surface area contributed by atoms with Crippen molar-refractivity contribution in [3.8, 4) is 0 Å². The van der Waals surface area contributed by atoms with Crippen LogP contribution in [-0.2, 0) is 11.2 Å². The molecule has 2 aromatic rings. The SMILES string of the molecule is CCCc1nc2cccnc2n1C1CCOCC1. The number of nitrogens with zero attached hydrogens (tertiary/aromatic N) is 3. The Hall–Kier alpha value is -1.42. The van der Waals surface area contributed by atoms with Crippen LogP contribution in [0.1, 0.15) is 38.1 Å². The molecule has 1 aliphatic rings. The van der Waals surface area contributed by atoms with Crippen LogP contribution in [0.25, 0.3) is 11.2 Å². The molecule has 1 fully saturated rings. The molecule has 3 heterocycles. The molecule has 4 heteroatoms. The van der Waals surface area contributed by atoms with E-state index >= 15 is 0 Å². The predicted molar refractivity (Wildman–Crippen MR) is 70.6 cm³/mol. The molecule has 0 spiro atoms. The van der Waals surface area contributed by atoms with Gasteiger partial charge in [-0.05, 0) is 31.4 Å². The van der Waals surface area contributed by atoms with Crippen molar-refractivity contribution in [3.05, 3.63) is 24.2 Å². The van der Waals surface area contributed by atoms with Gasteiger partial charge in [0.2, 0.25) is 0 Å². The maximum absolute atomic E-state index is 5.46. The van der Waals surface area contributed by atoms with Crippen LogP contribution in [0.2, 0.25) is 0 Å². The van der Waals surface area contributed by atoms with Gasteiger partial charge in [-0.15, -0.1) is 0 Å². The van der Waals surface area contributed by atoms with E-state index < -0.39 is 0 Å². The zero-order valence-electron chi connectivity index (χ0n) is 10.8. The summed E-state index contributed by atoms with van der Waals surface area (Å²) in [5.41, 5.74) is 2.06. The third kappa shape index (κ3) is 2.01. The van der Waals surface area contributed by atoms with Gasteiger partial charge >= 0.3 is 0 Å². The van der Waals surface area contributed by atoms with Crippen LogP contribution in [0.15, 0.2) is 18.3 Å². The highest BCUT2D eigenvalue weighted by Crippen LogP contribution is 2.27. The van der Waals surface area contributed by atoms with E-state index in [2.05, 4.69) is 22.5 Å². The number of pyridine rings is 1. The number of imidazole rings is 1. The predicted octanol–water partition coefficient (Wildman–Crippen LogP) is 2.74. The zero-order chi connectivity index (χ0) is 12.4. The number of ether oxygens (including phenoxy) is 1. The maximum atomic E-state index is 5.46. The molecule has 1 saturated heterocycles. The fourth-order valence-electron chi connectivity index (χ4n) is 2.70. The summed E-state index contributed by atoms with van der Waals surface area (Å²) in [6, 6.07) is 4.51. The Morgan fingerprint density at radius 3 is 3.00 bits per heavy atom. The fourth-order valence-corrected chi connectivity index (χ4v) is 2.70. The van der Waals surface area contributed by atoms with E-state index in [1.165, 1.54) is 5.82 Å². The standard InChI is InChI=1S/C14H19N3O/c1-2-4-13-16-12-5-3-8-15-14(12)17(13)11-6-9-18-10-7-11/h3,5,8,11H,2,4,6-7,9-10H2,1H3. The molecule has 18 heavy (non-hydrogen) atoms. The first-order valence-electron chi connectivity index (χ1n) is 6.79. The van der Waals surface area contributed by atoms with Crippen molar-refractivity contribution in [2.24, 2.45) is 0 Å². The number of fused-ring (bicyclic) bond motifs is 1. The number of rotatable bonds is 3. The fraction of sp³-hybridized carbons (Fsp3) is 0.571. The van der Waals surface area contributed by atoms with Crippen LogP contribution in [-0.4, -0.2) is 27.7 Å². The molecule has 0 aliphatic carbocycles. The van der Waals surface area contributed by atoms with Crippen molar-refractivity contribution in [2.45, 2.75) is 38.6 Å². The molecule has 0 N–H and O–H groups in total. The Balaban J connectivity index is 2.07. The molecule has 0 radical (unpaired) electrons. The van der Waals surface area contributed by atoms with Gasteiger partial charge in [-0.25, -0.2) is 9.97 Å². The van der Waals surface area contributed by atoms with Crippen LogP contribution in [0.5, 0.6) is 0 Å². The Morgan fingerprint density at radius 2 is 2.22 bits per heavy atom. The van der Waals surface area contributed by atoms with E-state index in [9.17, 15) is 0 Å². The number of hydrogen-bond acceptors (Lipinski definition) is 3. The highest BCUT2D eigenvalue weighted by atomic mass is 16.5. The lowest BCUT2D eigenvalue weighted by atomic mass is 10.1. The van der Waals surface area contributed by atoms with Crippen molar-refractivity contribution in [1.82, 2.24) is 14.5 Å². The van der Waals surface area contributed by atoms with Gasteiger partial charge in [-0.3, -0.25) is 0 Å². The molecule has 0 atom stereocenters. The van der Waals surface area contributed by atoms with Gasteiger partial charge in [0.05, 0.1) is 0 Å². The molecule has 0 bridgehead atoms. The molecule has 0 saturated carbocycles. The van der Waals surface area contributed by atoms with E-state index in [0.717, 1.165) is 50.1 Å². The lowest BCUT2D eigenvalue weighted by Gasteiger charge is -2.25. The molecule has 96 valence electrons. The average molecular weight is 245 g/mol. The lowest BCUT2D eigenvalue weighted by Crippen LogP contribution is -2.21. The molecule has 1 aliphatic heterocycles. The summed E-state index contributed by atoms with van der Waals surface area (Å²) in [5, 5.41) is 0. The highest BCUT2D eigenvalue weighted by Gasteiger charge is 2.21. The first kappa shape index (κ1) is 11.7. The van der Waals surface area contributed by atoms with E-state index in [-0.39, 0.29) is 0 Å². The van der Waals surface area contributed by atoms with E-state index in [0.29, 0.717) is 6.04 Å². The summed E-state index contributed by atoms with van der Waals surface area (Å²) in [7, 11) is 0. The summed E-state index contributed by atoms with van der Waals surface area (Å²) >= 11 is 0. The quantitative estimate of drug-likeness (QED) is 0.834. The van der Waals surface area contributed by atoms with Gasteiger partial charge in [0.1, 0.15) is 11.3 Å². The largest absolute Gasteiger partial charge is 0.381 e. The van der Waals surface area contributed by atoms with Crippen LogP contribution in [0, 0.1) is 0 Å². The third-order valence-electron chi connectivity index (χ3n) is 3.55. The van der Waals surface area contributed by atoms with Crippen molar-refractivity contribution in [2.75, 3.05) is 13.2 Å². The van der Waals surface area contributed by atoms with Gasteiger partial charge in [0.25, 0.3) is 0 Å². The summed E-state index contributed by atoms with van der Waals surface area (Å²) < 4.78 is 7.80. The molecule has 0 unspecified atom stereocenters. The van der Waals surface area contributed by atoms with Crippen LogP contribution in [0.3, 0.4) is 0 Å². The Bertz CT molecular complexity index is 529. The van der Waals surface area contributed by atoms with E-state index in [1.54, 1.807) is 0 Å². The highest BCUT2D eigenvalue weighted by molar-refractivity contribution is 5.71. The number of aryl methyl sites for hydroxylation is 1. The van der Waals surface area contributed by atoms with E-state index in [1.807, 2.05) is 12.3 Å². The van der Waals surface area contributed by atoms with Gasteiger partial charge in [0.15, 0.2) is 5.65 Å². The Morgan fingerprint density at radius 1 is 1.39 bits per heavy atom. The summed E-state index contributed by atoms with van der Waals surface area (Å²) in [4.78, 5) is 9.26. The molecular formula is C14H19N3O. The Kier molecular flexibility index (Phi) is 3.28. The molecule has 0 amide bonds. The third-order valence-corrected chi connectivity index (χ3v) is 3.55. The second kappa shape index (κ2) is 5.06. The number of hydrogen-bond donors (Lipinski definition) is 0. The van der Waals surface area contributed by atoms with Crippen LogP contribution in [0.4, 0.5) is 0 Å². The second-order valence-electron chi connectivity index (χ2n) is 4.84. The minimum Gasteiger partial charge on any atom is -0.381 e. The van der Waals surface area contributed by atoms with Gasteiger partial charge < -0.3 is 9.30 Å². The van der Waals surface area contributed by atoms with Crippen LogP contribution >= 0.6 is 0 Å².